The number of carbonyl (C=O) groups is 1. The van der Waals surface area contributed by atoms with E-state index in [1.165, 1.54) is 31.4 Å². The number of rotatable bonds is 9. The largest absolute Gasteiger partial charge is 0.497 e. The van der Waals surface area contributed by atoms with Crippen molar-refractivity contribution in [3.8, 4) is 11.5 Å². The molecule has 0 saturated heterocycles. The number of benzene rings is 3. The smallest absolute Gasteiger partial charge is 0.339 e. The Balaban J connectivity index is 1.51. The molecule has 34 heavy (non-hydrogen) atoms. The molecule has 0 radical (unpaired) electrons. The molecule has 3 aromatic rings. The standard InChI is InChI=1S/C26H26FNO5S/c1-32-23-12-14-25(15-13-23)34(30,31)33-24-7-2-4-20(16-24)18-28(26(29)21-5-3-6-21)17-19-8-10-22(27)11-9-19/h2,4,7-16,21H,3,5-6,17-18H2,1H3. The number of halogens is 1. The second-order valence-corrected chi connectivity index (χ2v) is 9.86. The van der Waals surface area contributed by atoms with Crippen LogP contribution in [0, 0.1) is 11.7 Å². The van der Waals surface area contributed by atoms with Crippen molar-refractivity contribution in [1.29, 1.82) is 0 Å². The lowest BCUT2D eigenvalue weighted by Crippen LogP contribution is -2.38. The molecule has 8 heteroatoms. The van der Waals surface area contributed by atoms with E-state index in [1.54, 1.807) is 47.4 Å². The maximum atomic E-state index is 13.3. The van der Waals surface area contributed by atoms with Gasteiger partial charge in [0, 0.05) is 19.0 Å². The molecule has 0 bridgehead atoms. The summed E-state index contributed by atoms with van der Waals surface area (Å²) in [5.74, 6) is 0.413. The van der Waals surface area contributed by atoms with Gasteiger partial charge in [0.2, 0.25) is 5.91 Å². The third-order valence-electron chi connectivity index (χ3n) is 5.88. The van der Waals surface area contributed by atoms with Gasteiger partial charge in [-0.2, -0.15) is 8.42 Å². The van der Waals surface area contributed by atoms with Gasteiger partial charge in [0.15, 0.2) is 0 Å². The van der Waals surface area contributed by atoms with Gasteiger partial charge in [-0.15, -0.1) is 0 Å². The van der Waals surface area contributed by atoms with Gasteiger partial charge < -0.3 is 13.8 Å². The van der Waals surface area contributed by atoms with E-state index >= 15 is 0 Å². The van der Waals surface area contributed by atoms with E-state index in [0.717, 1.165) is 30.4 Å². The van der Waals surface area contributed by atoms with E-state index in [-0.39, 0.29) is 34.8 Å². The number of methoxy groups -OCH3 is 1. The molecule has 0 heterocycles. The van der Waals surface area contributed by atoms with Gasteiger partial charge in [-0.05, 0) is 72.5 Å². The van der Waals surface area contributed by atoms with Crippen molar-refractivity contribution < 1.29 is 26.5 Å². The highest BCUT2D eigenvalue weighted by Gasteiger charge is 2.29. The normalized spacial score (nSPS) is 13.7. The van der Waals surface area contributed by atoms with Gasteiger partial charge in [0.05, 0.1) is 7.11 Å². The van der Waals surface area contributed by atoms with Crippen LogP contribution in [0.4, 0.5) is 4.39 Å². The van der Waals surface area contributed by atoms with Gasteiger partial charge in [0.1, 0.15) is 22.2 Å². The van der Waals surface area contributed by atoms with Gasteiger partial charge >= 0.3 is 10.1 Å². The average molecular weight is 484 g/mol. The predicted octanol–water partition coefficient (Wildman–Crippen LogP) is 4.93. The Morgan fingerprint density at radius 1 is 0.941 bits per heavy atom. The molecule has 3 aromatic carbocycles. The van der Waals surface area contributed by atoms with E-state index in [0.29, 0.717) is 12.3 Å². The summed E-state index contributed by atoms with van der Waals surface area (Å²) in [6.07, 6.45) is 2.76. The molecule has 1 saturated carbocycles. The van der Waals surface area contributed by atoms with Gasteiger partial charge in [0.25, 0.3) is 0 Å². The summed E-state index contributed by atoms with van der Waals surface area (Å²) in [6, 6.07) is 18.7. The molecule has 0 unspecified atom stereocenters. The Hall–Kier alpha value is -3.39. The second kappa shape index (κ2) is 10.3. The molecule has 1 amide bonds. The first-order valence-electron chi connectivity index (χ1n) is 11.0. The van der Waals surface area contributed by atoms with Gasteiger partial charge in [-0.3, -0.25) is 4.79 Å². The Labute approximate surface area is 199 Å². The van der Waals surface area contributed by atoms with Crippen LogP contribution >= 0.6 is 0 Å². The van der Waals surface area contributed by atoms with Crippen molar-refractivity contribution in [3.63, 3.8) is 0 Å². The Morgan fingerprint density at radius 2 is 1.62 bits per heavy atom. The number of carbonyl (C=O) groups excluding carboxylic acids is 1. The van der Waals surface area contributed by atoms with Gasteiger partial charge in [-0.1, -0.05) is 30.7 Å². The van der Waals surface area contributed by atoms with Crippen LogP contribution in [0.25, 0.3) is 0 Å². The van der Waals surface area contributed by atoms with Crippen molar-refractivity contribution in [3.05, 3.63) is 89.7 Å². The van der Waals surface area contributed by atoms with E-state index in [4.69, 9.17) is 8.92 Å². The summed E-state index contributed by atoms with van der Waals surface area (Å²) < 4.78 is 49.1. The number of ether oxygens (including phenoxy) is 1. The third kappa shape index (κ3) is 5.75. The SMILES string of the molecule is COc1ccc(S(=O)(=O)Oc2cccc(CN(Cc3ccc(F)cc3)C(=O)C3CCC3)c2)cc1. The Bertz CT molecular complexity index is 1240. The highest BCUT2D eigenvalue weighted by molar-refractivity contribution is 7.87. The molecule has 1 fully saturated rings. The zero-order valence-corrected chi connectivity index (χ0v) is 19.6. The zero-order chi connectivity index (χ0) is 24.1. The second-order valence-electron chi connectivity index (χ2n) is 8.31. The highest BCUT2D eigenvalue weighted by atomic mass is 32.2. The van der Waals surface area contributed by atoms with Crippen molar-refractivity contribution in [2.45, 2.75) is 37.2 Å². The number of hydrogen-bond donors (Lipinski definition) is 0. The lowest BCUT2D eigenvalue weighted by Gasteiger charge is -2.32. The third-order valence-corrected chi connectivity index (χ3v) is 7.14. The summed E-state index contributed by atoms with van der Waals surface area (Å²) in [7, 11) is -2.53. The van der Waals surface area contributed by atoms with E-state index in [1.807, 2.05) is 6.07 Å². The van der Waals surface area contributed by atoms with Crippen LogP contribution in [0.1, 0.15) is 30.4 Å². The van der Waals surface area contributed by atoms with Crippen molar-refractivity contribution >= 4 is 16.0 Å². The molecule has 0 aliphatic heterocycles. The minimum absolute atomic E-state index is 0.00432. The van der Waals surface area contributed by atoms with Crippen LogP contribution in [0.2, 0.25) is 0 Å². The monoisotopic (exact) mass is 483 g/mol. The molecular formula is C26H26FNO5S. The van der Waals surface area contributed by atoms with Crippen molar-refractivity contribution in [2.24, 2.45) is 5.92 Å². The summed E-state index contributed by atoms with van der Waals surface area (Å²) >= 11 is 0. The van der Waals surface area contributed by atoms with Crippen LogP contribution < -0.4 is 8.92 Å². The summed E-state index contributed by atoms with van der Waals surface area (Å²) in [5, 5.41) is 0. The fraction of sp³-hybridized carbons (Fsp3) is 0.269. The maximum Gasteiger partial charge on any atom is 0.339 e. The van der Waals surface area contributed by atoms with Crippen LogP contribution in [-0.4, -0.2) is 26.3 Å². The molecule has 0 atom stereocenters. The molecule has 0 aromatic heterocycles. The molecular weight excluding hydrogens is 457 g/mol. The number of nitrogens with zero attached hydrogens (tertiary/aromatic N) is 1. The van der Waals surface area contributed by atoms with E-state index in [9.17, 15) is 17.6 Å². The molecule has 178 valence electrons. The average Bonchev–Trinajstić information content (AvgIpc) is 2.79. The minimum atomic E-state index is -4.03. The molecule has 0 spiro atoms. The fourth-order valence-electron chi connectivity index (χ4n) is 3.77. The lowest BCUT2D eigenvalue weighted by atomic mass is 9.84. The summed E-state index contributed by atoms with van der Waals surface area (Å²) in [6.45, 7) is 0.622. The molecule has 1 aliphatic rings. The van der Waals surface area contributed by atoms with E-state index in [2.05, 4.69) is 0 Å². The van der Waals surface area contributed by atoms with Crippen LogP contribution in [0.3, 0.4) is 0 Å². The Morgan fingerprint density at radius 3 is 2.24 bits per heavy atom. The Kier molecular flexibility index (Phi) is 7.17. The molecule has 4 rings (SSSR count). The quantitative estimate of drug-likeness (QED) is 0.404. The van der Waals surface area contributed by atoms with Crippen LogP contribution in [0.15, 0.2) is 77.7 Å². The lowest BCUT2D eigenvalue weighted by molar-refractivity contribution is -0.139. The van der Waals surface area contributed by atoms with Crippen LogP contribution in [-0.2, 0) is 28.0 Å². The predicted molar refractivity (Wildman–Crippen MR) is 125 cm³/mol. The van der Waals surface area contributed by atoms with Crippen LogP contribution in [0.5, 0.6) is 11.5 Å². The minimum Gasteiger partial charge on any atom is -0.497 e. The highest BCUT2D eigenvalue weighted by Crippen LogP contribution is 2.30. The molecule has 6 nitrogen and oxygen atoms in total. The number of hydrogen-bond acceptors (Lipinski definition) is 5. The first-order valence-corrected chi connectivity index (χ1v) is 12.5. The first kappa shape index (κ1) is 23.8. The first-order chi connectivity index (χ1) is 16.3. The number of amides is 1. The van der Waals surface area contributed by atoms with Crippen molar-refractivity contribution in [2.75, 3.05) is 7.11 Å². The topological polar surface area (TPSA) is 72.9 Å². The summed E-state index contributed by atoms with van der Waals surface area (Å²) in [5.41, 5.74) is 1.56. The summed E-state index contributed by atoms with van der Waals surface area (Å²) in [4.78, 5) is 14.8. The molecule has 0 N–H and O–H groups in total. The molecule has 1 aliphatic carbocycles. The van der Waals surface area contributed by atoms with Gasteiger partial charge in [-0.25, -0.2) is 4.39 Å². The van der Waals surface area contributed by atoms with Crippen molar-refractivity contribution in [1.82, 2.24) is 4.90 Å². The fourth-order valence-corrected chi connectivity index (χ4v) is 4.69. The zero-order valence-electron chi connectivity index (χ0n) is 18.8. The van der Waals surface area contributed by atoms with E-state index < -0.39 is 10.1 Å². The maximum absolute atomic E-state index is 13.3.